The molecule has 180 valence electrons. The zero-order chi connectivity index (χ0) is 24.4. The number of carbonyl (C=O) groups excluding carboxylic acids is 1. The van der Waals surface area contributed by atoms with Gasteiger partial charge in [0.05, 0.1) is 12.7 Å². The van der Waals surface area contributed by atoms with Gasteiger partial charge in [-0.3, -0.25) is 10.2 Å². The van der Waals surface area contributed by atoms with E-state index in [0.29, 0.717) is 39.8 Å². The summed E-state index contributed by atoms with van der Waals surface area (Å²) in [4.78, 5) is 17.0. The summed E-state index contributed by atoms with van der Waals surface area (Å²) in [7, 11) is 1.56. The highest BCUT2D eigenvalue weighted by Gasteiger charge is 2.37. The zero-order valence-corrected chi connectivity index (χ0v) is 20.9. The van der Waals surface area contributed by atoms with Crippen LogP contribution >= 0.6 is 23.4 Å². The first kappa shape index (κ1) is 23.6. The topological polar surface area (TPSA) is 87.3 Å². The van der Waals surface area contributed by atoms with Crippen LogP contribution in [0.25, 0.3) is 6.08 Å². The van der Waals surface area contributed by atoms with Crippen LogP contribution in [0.2, 0.25) is 5.02 Å². The number of amides is 1. The molecule has 5 rings (SSSR count). The number of carbonyl (C=O) groups is 1. The summed E-state index contributed by atoms with van der Waals surface area (Å²) >= 11 is 7.64. The van der Waals surface area contributed by atoms with E-state index in [1.54, 1.807) is 25.3 Å². The van der Waals surface area contributed by atoms with E-state index >= 15 is 0 Å². The molecule has 0 saturated heterocycles. The third-order valence-corrected chi connectivity index (χ3v) is 7.70. The number of halogens is 1. The van der Waals surface area contributed by atoms with Crippen molar-refractivity contribution in [1.29, 1.82) is 5.41 Å². The number of hydrogen-bond acceptors (Lipinski definition) is 6. The fraction of sp³-hybridized carbons (Fsp3) is 0.308. The Labute approximate surface area is 213 Å². The molecule has 0 aromatic heterocycles. The summed E-state index contributed by atoms with van der Waals surface area (Å²) < 4.78 is 11.4. The second kappa shape index (κ2) is 10.3. The second-order valence-corrected chi connectivity index (χ2v) is 9.98. The molecule has 2 aliphatic heterocycles. The highest BCUT2D eigenvalue weighted by molar-refractivity contribution is 8.27. The third kappa shape index (κ3) is 4.99. The minimum Gasteiger partial charge on any atom is -0.493 e. The van der Waals surface area contributed by atoms with Crippen molar-refractivity contribution in [2.24, 2.45) is 16.0 Å². The summed E-state index contributed by atoms with van der Waals surface area (Å²) in [6.45, 7) is 0.297. The molecule has 2 aromatic rings. The molecular weight excluding hydrogens is 484 g/mol. The van der Waals surface area contributed by atoms with Gasteiger partial charge < -0.3 is 9.47 Å². The van der Waals surface area contributed by atoms with Crippen LogP contribution in [0.3, 0.4) is 0 Å². The summed E-state index contributed by atoms with van der Waals surface area (Å²) in [5.74, 6) is 1.06. The summed E-state index contributed by atoms with van der Waals surface area (Å²) in [6.07, 6.45) is 7.48. The average molecular weight is 509 g/mol. The Morgan fingerprint density at radius 3 is 2.74 bits per heavy atom. The number of amidine groups is 2. The number of nitrogens with zero attached hydrogens (tertiary/aromatic N) is 3. The van der Waals surface area contributed by atoms with Crippen molar-refractivity contribution in [2.75, 3.05) is 7.11 Å². The van der Waals surface area contributed by atoms with Gasteiger partial charge in [-0.05, 0) is 54.4 Å². The van der Waals surface area contributed by atoms with Crippen LogP contribution in [0.1, 0.15) is 43.2 Å². The first-order valence-electron chi connectivity index (χ1n) is 11.6. The lowest BCUT2D eigenvalue weighted by Gasteiger charge is -2.20. The Morgan fingerprint density at radius 2 is 1.97 bits per heavy atom. The molecule has 1 amide bonds. The molecule has 0 spiro atoms. The number of methoxy groups -OCH3 is 1. The number of ether oxygens (including phenoxy) is 2. The first-order chi connectivity index (χ1) is 17.0. The van der Waals surface area contributed by atoms with Crippen molar-refractivity contribution in [3.05, 3.63) is 64.2 Å². The van der Waals surface area contributed by atoms with E-state index in [-0.39, 0.29) is 11.4 Å². The molecule has 2 heterocycles. The Bertz CT molecular complexity index is 1270. The van der Waals surface area contributed by atoms with Crippen LogP contribution in [0, 0.1) is 11.3 Å². The van der Waals surface area contributed by atoms with Crippen LogP contribution in [-0.4, -0.2) is 34.1 Å². The number of benzene rings is 2. The van der Waals surface area contributed by atoms with Crippen LogP contribution in [0.15, 0.2) is 58.1 Å². The van der Waals surface area contributed by atoms with Gasteiger partial charge in [0.25, 0.3) is 5.91 Å². The molecule has 2 aromatic carbocycles. The molecular formula is C26H25ClN4O3S. The smallest absolute Gasteiger partial charge is 0.283 e. The molecule has 0 bridgehead atoms. The summed E-state index contributed by atoms with van der Waals surface area (Å²) in [6, 6.07) is 12.9. The van der Waals surface area contributed by atoms with E-state index in [0.717, 1.165) is 23.4 Å². The van der Waals surface area contributed by atoms with Crippen molar-refractivity contribution in [3.63, 3.8) is 0 Å². The van der Waals surface area contributed by atoms with E-state index in [4.69, 9.17) is 26.5 Å². The van der Waals surface area contributed by atoms with Gasteiger partial charge in [0, 0.05) is 16.5 Å². The molecule has 9 heteroatoms. The normalized spacial score (nSPS) is 19.5. The number of nitrogens with one attached hydrogen (secondary N) is 1. The molecule has 35 heavy (non-hydrogen) atoms. The molecule has 1 N–H and O–H groups in total. The van der Waals surface area contributed by atoms with Crippen molar-refractivity contribution < 1.29 is 14.3 Å². The van der Waals surface area contributed by atoms with Crippen molar-refractivity contribution in [2.45, 2.75) is 38.7 Å². The fourth-order valence-electron chi connectivity index (χ4n) is 4.35. The largest absolute Gasteiger partial charge is 0.493 e. The highest BCUT2D eigenvalue weighted by Crippen LogP contribution is 2.37. The van der Waals surface area contributed by atoms with Gasteiger partial charge in [-0.1, -0.05) is 55.1 Å². The monoisotopic (exact) mass is 508 g/mol. The molecule has 1 saturated carbocycles. The molecule has 7 nitrogen and oxygen atoms in total. The first-order valence-corrected chi connectivity index (χ1v) is 12.8. The fourth-order valence-corrected chi connectivity index (χ4v) is 5.60. The number of thioether (sulfide) groups is 1. The zero-order valence-electron chi connectivity index (χ0n) is 19.3. The third-order valence-electron chi connectivity index (χ3n) is 6.26. The average Bonchev–Trinajstić information content (AvgIpc) is 3.31. The second-order valence-electron chi connectivity index (χ2n) is 8.58. The van der Waals surface area contributed by atoms with Crippen LogP contribution in [0.5, 0.6) is 11.5 Å². The molecule has 0 atom stereocenters. The Hall–Kier alpha value is -3.10. The minimum atomic E-state index is -0.438. The van der Waals surface area contributed by atoms with Crippen LogP contribution in [-0.2, 0) is 11.4 Å². The van der Waals surface area contributed by atoms with E-state index in [2.05, 4.69) is 10.1 Å². The standard InChI is InChI=1S/C26H25ClN4O3S/c1-33-22-14-16(11-12-21(22)34-15-18-9-5-6-10-20(18)27)13-19-23(28)31-26(29-24(19)32)35-25(30-31)17-7-3-2-4-8-17/h5-6,9-14,17,28H,2-4,7-8,15H2,1H3. The van der Waals surface area contributed by atoms with Gasteiger partial charge in [-0.15, -0.1) is 0 Å². The predicted molar refractivity (Wildman–Crippen MR) is 140 cm³/mol. The SMILES string of the molecule is COc1cc(C=C2C(=N)N3N=C(C4CCCCC4)SC3=NC2=O)ccc1OCc1ccccc1Cl. The van der Waals surface area contributed by atoms with Crippen LogP contribution in [0.4, 0.5) is 0 Å². The van der Waals surface area contributed by atoms with Gasteiger partial charge in [0.2, 0.25) is 5.17 Å². The van der Waals surface area contributed by atoms with E-state index in [9.17, 15) is 4.79 Å². The lowest BCUT2D eigenvalue weighted by molar-refractivity contribution is -0.114. The Morgan fingerprint density at radius 1 is 1.17 bits per heavy atom. The number of fused-ring (bicyclic) bond motifs is 1. The number of rotatable bonds is 6. The molecule has 0 radical (unpaired) electrons. The predicted octanol–water partition coefficient (Wildman–Crippen LogP) is 6.13. The quantitative estimate of drug-likeness (QED) is 0.474. The number of hydrogen-bond donors (Lipinski definition) is 1. The van der Waals surface area contributed by atoms with Gasteiger partial charge in [0.1, 0.15) is 11.7 Å². The molecule has 1 aliphatic carbocycles. The molecule has 1 fully saturated rings. The van der Waals surface area contributed by atoms with E-state index in [1.807, 2.05) is 30.3 Å². The number of aliphatic imine (C=N–C) groups is 1. The minimum absolute atomic E-state index is 0.0383. The summed E-state index contributed by atoms with van der Waals surface area (Å²) in [5, 5.41) is 16.9. The van der Waals surface area contributed by atoms with Crippen molar-refractivity contribution in [3.8, 4) is 11.5 Å². The maximum atomic E-state index is 12.8. The van der Waals surface area contributed by atoms with Crippen LogP contribution < -0.4 is 9.47 Å². The maximum absolute atomic E-state index is 12.8. The van der Waals surface area contributed by atoms with Crippen molar-refractivity contribution in [1.82, 2.24) is 5.01 Å². The van der Waals surface area contributed by atoms with E-state index in [1.165, 1.54) is 36.0 Å². The maximum Gasteiger partial charge on any atom is 0.283 e. The lowest BCUT2D eigenvalue weighted by atomic mass is 9.90. The van der Waals surface area contributed by atoms with Gasteiger partial charge in [0.15, 0.2) is 17.3 Å². The van der Waals surface area contributed by atoms with Gasteiger partial charge in [-0.2, -0.15) is 15.1 Å². The Balaban J connectivity index is 1.35. The molecule has 0 unspecified atom stereocenters. The summed E-state index contributed by atoms with van der Waals surface area (Å²) in [5.41, 5.74) is 1.76. The Kier molecular flexibility index (Phi) is 6.92. The lowest BCUT2D eigenvalue weighted by Crippen LogP contribution is -2.35. The molecule has 3 aliphatic rings. The van der Waals surface area contributed by atoms with Crippen molar-refractivity contribution >= 4 is 51.4 Å². The van der Waals surface area contributed by atoms with Gasteiger partial charge >= 0.3 is 0 Å². The van der Waals surface area contributed by atoms with E-state index < -0.39 is 5.91 Å². The number of hydrazone groups is 1. The van der Waals surface area contributed by atoms with Gasteiger partial charge in [-0.25, -0.2) is 0 Å². The highest BCUT2D eigenvalue weighted by atomic mass is 35.5.